The smallest absolute Gasteiger partial charge is 0.337 e. The molecule has 0 spiro atoms. The average molecular weight is 196 g/mol. The highest BCUT2D eigenvalue weighted by Crippen LogP contribution is 2.26. The summed E-state index contributed by atoms with van der Waals surface area (Å²) in [6.07, 6.45) is 3.91. The summed E-state index contributed by atoms with van der Waals surface area (Å²) in [5, 5.41) is 0. The van der Waals surface area contributed by atoms with Gasteiger partial charge in [-0.1, -0.05) is 13.0 Å². The molecule has 1 aliphatic heterocycles. The third-order valence-electron chi connectivity index (χ3n) is 1.93. The lowest BCUT2D eigenvalue weighted by atomic mass is 10.1. The molecule has 0 radical (unpaired) electrons. The predicted octanol–water partition coefficient (Wildman–Crippen LogP) is 2.39. The van der Waals surface area contributed by atoms with Crippen LogP contribution < -0.4 is 0 Å². The molecule has 1 aliphatic rings. The fraction of sp³-hybridized carbons (Fsp3) is 0.545. The lowest BCUT2D eigenvalue weighted by molar-refractivity contribution is -0.206. The van der Waals surface area contributed by atoms with Crippen molar-refractivity contribution in [1.29, 1.82) is 0 Å². The van der Waals surface area contributed by atoms with Gasteiger partial charge in [0, 0.05) is 20.3 Å². The lowest BCUT2D eigenvalue weighted by Crippen LogP contribution is -2.34. The van der Waals surface area contributed by atoms with Gasteiger partial charge in [-0.15, -0.1) is 6.58 Å². The van der Waals surface area contributed by atoms with Crippen molar-refractivity contribution in [2.75, 3.05) is 0 Å². The zero-order chi connectivity index (χ0) is 10.8. The number of esters is 1. The van der Waals surface area contributed by atoms with Crippen LogP contribution in [0.5, 0.6) is 0 Å². The number of hydrogen-bond donors (Lipinski definition) is 0. The largest absolute Gasteiger partial charge is 0.457 e. The second-order valence-corrected chi connectivity index (χ2v) is 3.95. The summed E-state index contributed by atoms with van der Waals surface area (Å²) in [4.78, 5) is 11.2. The molecule has 1 rings (SSSR count). The summed E-state index contributed by atoms with van der Waals surface area (Å²) in [5.74, 6) is -0.226. The van der Waals surface area contributed by atoms with E-state index in [-0.39, 0.29) is 5.97 Å². The number of allylic oxidation sites excluding steroid dienone is 2. The molecule has 0 unspecified atom stereocenters. The van der Waals surface area contributed by atoms with Crippen LogP contribution in [0.1, 0.15) is 27.2 Å². The van der Waals surface area contributed by atoms with E-state index in [1.807, 2.05) is 13.0 Å². The fourth-order valence-corrected chi connectivity index (χ4v) is 1.27. The summed E-state index contributed by atoms with van der Waals surface area (Å²) in [7, 11) is 0. The standard InChI is InChI=1S/C11H16O3/c1-5-8(2)6-9-7-10(12)14-11(3,4)13-9/h5,7-8H,1,6H2,2-4H3/t8-/m1/s1. The van der Waals surface area contributed by atoms with Gasteiger partial charge in [0.25, 0.3) is 0 Å². The molecule has 0 bridgehead atoms. The molecule has 0 fully saturated rings. The van der Waals surface area contributed by atoms with E-state index in [1.165, 1.54) is 6.08 Å². The zero-order valence-corrected chi connectivity index (χ0v) is 8.87. The van der Waals surface area contributed by atoms with Crippen molar-refractivity contribution in [2.24, 2.45) is 5.92 Å². The Labute approximate surface area is 84.4 Å². The van der Waals surface area contributed by atoms with Crippen LogP contribution in [0.25, 0.3) is 0 Å². The van der Waals surface area contributed by atoms with Crippen molar-refractivity contribution in [3.63, 3.8) is 0 Å². The molecule has 78 valence electrons. The molecule has 0 saturated carbocycles. The average Bonchev–Trinajstić information content (AvgIpc) is 1.99. The van der Waals surface area contributed by atoms with Gasteiger partial charge in [0.2, 0.25) is 5.79 Å². The molecule has 1 atom stereocenters. The van der Waals surface area contributed by atoms with E-state index in [1.54, 1.807) is 13.8 Å². The van der Waals surface area contributed by atoms with Gasteiger partial charge in [-0.3, -0.25) is 0 Å². The summed E-state index contributed by atoms with van der Waals surface area (Å²) in [6.45, 7) is 9.14. The van der Waals surface area contributed by atoms with Gasteiger partial charge in [-0.25, -0.2) is 4.79 Å². The Morgan fingerprint density at radius 3 is 2.71 bits per heavy atom. The molecular formula is C11H16O3. The molecule has 0 aliphatic carbocycles. The molecule has 0 aromatic heterocycles. The van der Waals surface area contributed by atoms with Gasteiger partial charge in [0.1, 0.15) is 5.76 Å². The molecule has 0 amide bonds. The van der Waals surface area contributed by atoms with E-state index in [4.69, 9.17) is 9.47 Å². The van der Waals surface area contributed by atoms with Crippen LogP contribution in [-0.4, -0.2) is 11.8 Å². The molecule has 0 aromatic carbocycles. The molecule has 1 heterocycles. The summed E-state index contributed by atoms with van der Waals surface area (Å²) in [5.41, 5.74) is 0. The third-order valence-corrected chi connectivity index (χ3v) is 1.93. The van der Waals surface area contributed by atoms with Crippen LogP contribution >= 0.6 is 0 Å². The Bertz CT molecular complexity index is 276. The van der Waals surface area contributed by atoms with Crippen molar-refractivity contribution >= 4 is 5.97 Å². The van der Waals surface area contributed by atoms with E-state index in [0.717, 1.165) is 0 Å². The van der Waals surface area contributed by atoms with Crippen LogP contribution in [0.15, 0.2) is 24.5 Å². The number of rotatable bonds is 3. The number of ether oxygens (including phenoxy) is 2. The molecule has 3 heteroatoms. The summed E-state index contributed by atoms with van der Waals surface area (Å²) in [6, 6.07) is 0. The topological polar surface area (TPSA) is 35.5 Å². The first-order valence-corrected chi connectivity index (χ1v) is 4.68. The molecule has 0 N–H and O–H groups in total. The van der Waals surface area contributed by atoms with Crippen molar-refractivity contribution in [1.82, 2.24) is 0 Å². The number of carbonyl (C=O) groups excluding carboxylic acids is 1. The Morgan fingerprint density at radius 1 is 1.57 bits per heavy atom. The van der Waals surface area contributed by atoms with E-state index in [9.17, 15) is 4.79 Å². The Balaban J connectivity index is 2.69. The maximum absolute atomic E-state index is 11.2. The SMILES string of the molecule is C=C[C@@H](C)CC1=CC(=O)OC(C)(C)O1. The number of cyclic esters (lactones) is 1. The first-order valence-electron chi connectivity index (χ1n) is 4.68. The first-order chi connectivity index (χ1) is 6.43. The van der Waals surface area contributed by atoms with E-state index in [0.29, 0.717) is 18.1 Å². The minimum absolute atomic E-state index is 0.294. The van der Waals surface area contributed by atoms with Crippen LogP contribution in [0.4, 0.5) is 0 Å². The Hall–Kier alpha value is -1.25. The minimum atomic E-state index is -0.845. The van der Waals surface area contributed by atoms with E-state index in [2.05, 4.69) is 6.58 Å². The van der Waals surface area contributed by atoms with Gasteiger partial charge in [-0.2, -0.15) is 0 Å². The van der Waals surface area contributed by atoms with Gasteiger partial charge in [0.15, 0.2) is 0 Å². The van der Waals surface area contributed by atoms with Crippen LogP contribution in [-0.2, 0) is 14.3 Å². The van der Waals surface area contributed by atoms with E-state index >= 15 is 0 Å². The maximum atomic E-state index is 11.2. The predicted molar refractivity (Wildman–Crippen MR) is 53.3 cm³/mol. The van der Waals surface area contributed by atoms with Crippen molar-refractivity contribution in [3.05, 3.63) is 24.5 Å². The molecule has 3 nitrogen and oxygen atoms in total. The monoisotopic (exact) mass is 196 g/mol. The van der Waals surface area contributed by atoms with Crippen LogP contribution in [0.2, 0.25) is 0 Å². The quantitative estimate of drug-likeness (QED) is 0.513. The fourth-order valence-electron chi connectivity index (χ4n) is 1.27. The van der Waals surface area contributed by atoms with Crippen molar-refractivity contribution in [2.45, 2.75) is 33.0 Å². The molecule has 14 heavy (non-hydrogen) atoms. The van der Waals surface area contributed by atoms with Crippen LogP contribution in [0, 0.1) is 5.92 Å². The Morgan fingerprint density at radius 2 is 2.21 bits per heavy atom. The molecular weight excluding hydrogens is 180 g/mol. The third kappa shape index (κ3) is 2.91. The van der Waals surface area contributed by atoms with Crippen molar-refractivity contribution in [3.8, 4) is 0 Å². The zero-order valence-electron chi connectivity index (χ0n) is 8.87. The highest BCUT2D eigenvalue weighted by molar-refractivity contribution is 5.83. The molecule has 0 saturated heterocycles. The van der Waals surface area contributed by atoms with Crippen LogP contribution in [0.3, 0.4) is 0 Å². The van der Waals surface area contributed by atoms with Gasteiger partial charge in [0.05, 0.1) is 6.08 Å². The van der Waals surface area contributed by atoms with Gasteiger partial charge < -0.3 is 9.47 Å². The highest BCUT2D eigenvalue weighted by Gasteiger charge is 2.30. The molecule has 0 aromatic rings. The highest BCUT2D eigenvalue weighted by atomic mass is 16.7. The summed E-state index contributed by atoms with van der Waals surface area (Å²) < 4.78 is 10.4. The number of hydrogen-bond acceptors (Lipinski definition) is 3. The minimum Gasteiger partial charge on any atom is -0.457 e. The first kappa shape index (κ1) is 10.8. The summed E-state index contributed by atoms with van der Waals surface area (Å²) >= 11 is 0. The second-order valence-electron chi connectivity index (χ2n) is 3.95. The van der Waals surface area contributed by atoms with Gasteiger partial charge in [-0.05, 0) is 5.92 Å². The maximum Gasteiger partial charge on any atom is 0.337 e. The lowest BCUT2D eigenvalue weighted by Gasteiger charge is -2.31. The second kappa shape index (κ2) is 3.86. The van der Waals surface area contributed by atoms with Gasteiger partial charge >= 0.3 is 5.97 Å². The Kier molecular flexibility index (Phi) is 2.99. The number of carbonyl (C=O) groups is 1. The normalized spacial score (nSPS) is 21.6. The van der Waals surface area contributed by atoms with E-state index < -0.39 is 5.79 Å². The van der Waals surface area contributed by atoms with Crippen molar-refractivity contribution < 1.29 is 14.3 Å².